The summed E-state index contributed by atoms with van der Waals surface area (Å²) in [6, 6.07) is 7.73. The van der Waals surface area contributed by atoms with Crippen molar-refractivity contribution in [3.63, 3.8) is 0 Å². The van der Waals surface area contributed by atoms with Crippen LogP contribution in [0, 0.1) is 5.82 Å². The van der Waals surface area contributed by atoms with Crippen LogP contribution < -0.4 is 5.32 Å². The molecule has 0 amide bonds. The Hall–Kier alpha value is -0.900. The average Bonchev–Trinajstić information content (AvgIpc) is 2.97. The number of benzene rings is 1. The van der Waals surface area contributed by atoms with Crippen LogP contribution >= 0.6 is 22.9 Å². The van der Waals surface area contributed by atoms with Gasteiger partial charge in [0.05, 0.1) is 5.02 Å². The van der Waals surface area contributed by atoms with E-state index in [9.17, 15) is 4.39 Å². The van der Waals surface area contributed by atoms with E-state index in [2.05, 4.69) is 16.8 Å². The maximum absolute atomic E-state index is 13.6. The van der Waals surface area contributed by atoms with Crippen molar-refractivity contribution < 1.29 is 4.39 Å². The second-order valence-corrected chi connectivity index (χ2v) is 7.05. The lowest BCUT2D eigenvalue weighted by Gasteiger charge is -2.30. The third-order valence-electron chi connectivity index (χ3n) is 4.39. The third-order valence-corrected chi connectivity index (χ3v) is 5.70. The van der Waals surface area contributed by atoms with Crippen LogP contribution in [0.2, 0.25) is 5.02 Å². The third kappa shape index (κ3) is 3.15. The summed E-state index contributed by atoms with van der Waals surface area (Å²) in [5, 5.41) is 5.82. The summed E-state index contributed by atoms with van der Waals surface area (Å²) in [5.74, 6) is 0.188. The molecule has 0 aliphatic heterocycles. The number of fused-ring (bicyclic) bond motifs is 1. The van der Waals surface area contributed by atoms with Gasteiger partial charge in [-0.25, -0.2) is 4.39 Å². The molecule has 1 aromatic carbocycles. The lowest BCUT2D eigenvalue weighted by Crippen LogP contribution is -2.35. The van der Waals surface area contributed by atoms with Crippen molar-refractivity contribution in [3.8, 4) is 0 Å². The second-order valence-electron chi connectivity index (χ2n) is 5.65. The van der Waals surface area contributed by atoms with Gasteiger partial charge < -0.3 is 5.32 Å². The molecule has 1 nitrogen and oxygen atoms in total. The highest BCUT2D eigenvalue weighted by atomic mass is 35.5. The molecule has 2 atom stereocenters. The van der Waals surface area contributed by atoms with E-state index in [1.54, 1.807) is 12.1 Å². The molecule has 0 bridgehead atoms. The van der Waals surface area contributed by atoms with Gasteiger partial charge in [-0.3, -0.25) is 0 Å². The molecule has 112 valence electrons. The zero-order valence-corrected chi connectivity index (χ0v) is 13.6. The SMILES string of the molecule is CNC(Cc1ccc(Cl)c(F)c1)C1CCCc2sccc21. The number of rotatable bonds is 4. The first kappa shape index (κ1) is 15.0. The zero-order chi connectivity index (χ0) is 14.8. The van der Waals surface area contributed by atoms with E-state index < -0.39 is 0 Å². The Kier molecular flexibility index (Phi) is 4.63. The molecule has 0 saturated heterocycles. The largest absolute Gasteiger partial charge is 0.316 e. The minimum Gasteiger partial charge on any atom is -0.316 e. The van der Waals surface area contributed by atoms with Gasteiger partial charge in [0, 0.05) is 16.8 Å². The smallest absolute Gasteiger partial charge is 0.142 e. The number of aryl methyl sites for hydroxylation is 1. The summed E-state index contributed by atoms with van der Waals surface area (Å²) < 4.78 is 13.6. The van der Waals surface area contributed by atoms with Crippen LogP contribution in [0.5, 0.6) is 0 Å². The molecule has 0 saturated carbocycles. The first-order chi connectivity index (χ1) is 10.2. The van der Waals surface area contributed by atoms with Gasteiger partial charge in [0.1, 0.15) is 5.82 Å². The van der Waals surface area contributed by atoms with Gasteiger partial charge in [0.25, 0.3) is 0 Å². The molecule has 4 heteroatoms. The Morgan fingerprint density at radius 2 is 2.29 bits per heavy atom. The van der Waals surface area contributed by atoms with Gasteiger partial charge >= 0.3 is 0 Å². The molecule has 1 aromatic heterocycles. The van der Waals surface area contributed by atoms with Gasteiger partial charge in [-0.1, -0.05) is 17.7 Å². The van der Waals surface area contributed by atoms with Crippen molar-refractivity contribution in [2.24, 2.45) is 0 Å². The molecular formula is C17H19ClFNS. The van der Waals surface area contributed by atoms with Gasteiger partial charge in [-0.15, -0.1) is 11.3 Å². The van der Waals surface area contributed by atoms with Crippen LogP contribution in [0.25, 0.3) is 0 Å². The van der Waals surface area contributed by atoms with Crippen LogP contribution in [0.15, 0.2) is 29.6 Å². The number of hydrogen-bond donors (Lipinski definition) is 1. The van der Waals surface area contributed by atoms with E-state index in [-0.39, 0.29) is 10.8 Å². The van der Waals surface area contributed by atoms with Crippen molar-refractivity contribution >= 4 is 22.9 Å². The predicted octanol–water partition coefficient (Wildman–Crippen LogP) is 4.79. The highest BCUT2D eigenvalue weighted by Crippen LogP contribution is 2.37. The molecule has 21 heavy (non-hydrogen) atoms. The van der Waals surface area contributed by atoms with E-state index in [0.717, 1.165) is 12.0 Å². The lowest BCUT2D eigenvalue weighted by molar-refractivity contribution is 0.413. The van der Waals surface area contributed by atoms with Crippen LogP contribution in [-0.2, 0) is 12.8 Å². The average molecular weight is 324 g/mol. The minimum atomic E-state index is -0.330. The van der Waals surface area contributed by atoms with Crippen molar-refractivity contribution in [3.05, 3.63) is 56.5 Å². The van der Waals surface area contributed by atoms with Gasteiger partial charge in [-0.2, -0.15) is 0 Å². The van der Waals surface area contributed by atoms with E-state index >= 15 is 0 Å². The molecule has 0 fully saturated rings. The zero-order valence-electron chi connectivity index (χ0n) is 12.0. The fraction of sp³-hybridized carbons (Fsp3) is 0.412. The fourth-order valence-corrected chi connectivity index (χ4v) is 4.42. The van der Waals surface area contributed by atoms with E-state index in [0.29, 0.717) is 12.0 Å². The number of likely N-dealkylation sites (N-methyl/N-ethyl adjacent to an activating group) is 1. The Morgan fingerprint density at radius 1 is 1.43 bits per heavy atom. The quantitative estimate of drug-likeness (QED) is 0.853. The van der Waals surface area contributed by atoms with Crippen LogP contribution in [0.3, 0.4) is 0 Å². The predicted molar refractivity (Wildman–Crippen MR) is 88.0 cm³/mol. The van der Waals surface area contributed by atoms with Gasteiger partial charge in [0.15, 0.2) is 0 Å². The molecular weight excluding hydrogens is 305 g/mol. The maximum Gasteiger partial charge on any atom is 0.142 e. The first-order valence-electron chi connectivity index (χ1n) is 7.36. The number of hydrogen-bond acceptors (Lipinski definition) is 2. The fourth-order valence-electron chi connectivity index (χ4n) is 3.31. The van der Waals surface area contributed by atoms with Crippen LogP contribution in [0.1, 0.15) is 34.8 Å². The molecule has 3 rings (SSSR count). The summed E-state index contributed by atoms with van der Waals surface area (Å²) >= 11 is 7.63. The normalized spacial score (nSPS) is 19.3. The number of halogens is 2. The maximum atomic E-state index is 13.6. The van der Waals surface area contributed by atoms with Crippen molar-refractivity contribution in [1.29, 1.82) is 0 Å². The minimum absolute atomic E-state index is 0.192. The molecule has 1 heterocycles. The van der Waals surface area contributed by atoms with Crippen LogP contribution in [0.4, 0.5) is 4.39 Å². The Bertz CT molecular complexity index is 625. The highest BCUT2D eigenvalue weighted by Gasteiger charge is 2.28. The van der Waals surface area contributed by atoms with E-state index in [1.165, 1.54) is 29.7 Å². The standard InChI is InChI=1S/C17H19ClFNS/c1-20-16(10-11-5-6-14(18)15(19)9-11)12-3-2-4-17-13(12)7-8-21-17/h5-9,12,16,20H,2-4,10H2,1H3. The summed E-state index contributed by atoms with van der Waals surface area (Å²) in [4.78, 5) is 1.52. The monoisotopic (exact) mass is 323 g/mol. The molecule has 2 unspecified atom stereocenters. The summed E-state index contributed by atoms with van der Waals surface area (Å²) in [6.45, 7) is 0. The van der Waals surface area contributed by atoms with E-state index in [4.69, 9.17) is 11.6 Å². The van der Waals surface area contributed by atoms with Crippen molar-refractivity contribution in [2.75, 3.05) is 7.05 Å². The highest BCUT2D eigenvalue weighted by molar-refractivity contribution is 7.10. The topological polar surface area (TPSA) is 12.0 Å². The van der Waals surface area contributed by atoms with Crippen molar-refractivity contribution in [2.45, 2.75) is 37.6 Å². The molecule has 1 aliphatic carbocycles. The molecule has 0 radical (unpaired) electrons. The Labute approximate surface area is 134 Å². The number of thiophene rings is 1. The van der Waals surface area contributed by atoms with Gasteiger partial charge in [0.2, 0.25) is 0 Å². The first-order valence-corrected chi connectivity index (χ1v) is 8.62. The summed E-state index contributed by atoms with van der Waals surface area (Å²) in [6.07, 6.45) is 4.47. The number of nitrogens with one attached hydrogen (secondary N) is 1. The molecule has 0 spiro atoms. The summed E-state index contributed by atoms with van der Waals surface area (Å²) in [5.41, 5.74) is 2.48. The Morgan fingerprint density at radius 3 is 3.05 bits per heavy atom. The molecule has 2 aromatic rings. The van der Waals surface area contributed by atoms with E-state index in [1.807, 2.05) is 24.5 Å². The summed E-state index contributed by atoms with van der Waals surface area (Å²) in [7, 11) is 2.00. The second kappa shape index (κ2) is 6.47. The Balaban J connectivity index is 1.81. The van der Waals surface area contributed by atoms with Crippen LogP contribution in [-0.4, -0.2) is 13.1 Å². The van der Waals surface area contributed by atoms with Crippen molar-refractivity contribution in [1.82, 2.24) is 5.32 Å². The molecule has 1 N–H and O–H groups in total. The van der Waals surface area contributed by atoms with Gasteiger partial charge in [-0.05, 0) is 67.4 Å². The lowest BCUT2D eigenvalue weighted by atomic mass is 9.80. The molecule has 1 aliphatic rings.